The smallest absolute Gasteiger partial charge is 0.279 e. The third kappa shape index (κ3) is 10.4. The third-order valence-electron chi connectivity index (χ3n) is 7.49. The number of hydrogen-bond donors (Lipinski definition) is 4. The first-order chi connectivity index (χ1) is 23.4. The van der Waals surface area contributed by atoms with Gasteiger partial charge < -0.3 is 40.7 Å². The zero-order valence-electron chi connectivity index (χ0n) is 30.8. The van der Waals surface area contributed by atoms with Gasteiger partial charge in [0, 0.05) is 48.3 Å². The van der Waals surface area contributed by atoms with Gasteiger partial charge >= 0.3 is 0 Å². The molecule has 0 atom stereocenters. The van der Waals surface area contributed by atoms with Gasteiger partial charge in [-0.15, -0.1) is 0 Å². The van der Waals surface area contributed by atoms with Gasteiger partial charge in [-0.1, -0.05) is 20.6 Å². The number of fused-ring (bicyclic) bond motifs is 2. The van der Waals surface area contributed by atoms with Crippen LogP contribution in [0.1, 0.15) is 87.6 Å². The Labute approximate surface area is 300 Å². The molecule has 2 aliphatic rings. The highest BCUT2D eigenvalue weighted by molar-refractivity contribution is 5.94. The second-order valence-electron chi connectivity index (χ2n) is 12.9. The van der Waals surface area contributed by atoms with Crippen molar-refractivity contribution in [1.82, 2.24) is 49.2 Å². The molecule has 6 N–H and O–H groups in total. The molecule has 0 unspecified atom stereocenters. The van der Waals surface area contributed by atoms with E-state index in [1.807, 2.05) is 59.0 Å². The molecule has 51 heavy (non-hydrogen) atoms. The largest absolute Gasteiger partial charge is 0.397 e. The van der Waals surface area contributed by atoms with Crippen LogP contribution < -0.4 is 22.3 Å². The lowest BCUT2D eigenvalue weighted by atomic mass is 10.2. The molecule has 0 saturated carbocycles. The minimum absolute atomic E-state index is 0. The number of nitrogens with one attached hydrogen (secondary N) is 2. The normalized spacial score (nSPS) is 14.0. The van der Waals surface area contributed by atoms with Crippen LogP contribution in [0.3, 0.4) is 0 Å². The summed E-state index contributed by atoms with van der Waals surface area (Å²) in [4.78, 5) is 49.9. The van der Waals surface area contributed by atoms with Crippen molar-refractivity contribution < 1.29 is 4.79 Å². The maximum atomic E-state index is 11.5. The Hall–Kier alpha value is -5.73. The quantitative estimate of drug-likeness (QED) is 0.211. The fraction of sp³-hybridized carbons (Fsp3) is 0.417. The number of nitrogens with two attached hydrogens (primary N) is 2. The monoisotopic (exact) mass is 701 g/mol. The van der Waals surface area contributed by atoms with Crippen molar-refractivity contribution in [2.24, 2.45) is 10.7 Å². The number of aliphatic imine (C=N–C) groups is 1. The first-order valence-electron chi connectivity index (χ1n) is 16.4. The molecule has 0 saturated heterocycles. The number of imidazole rings is 2. The number of hydrogen-bond acceptors (Lipinski definition) is 11. The van der Waals surface area contributed by atoms with Crippen LogP contribution >= 0.6 is 0 Å². The molecule has 1 amide bonds. The highest BCUT2D eigenvalue weighted by Gasteiger charge is 2.19. The van der Waals surface area contributed by atoms with E-state index < -0.39 is 0 Å². The molecule has 4 aromatic heterocycles. The second-order valence-corrected chi connectivity index (χ2v) is 12.9. The van der Waals surface area contributed by atoms with Gasteiger partial charge in [-0.25, -0.2) is 24.9 Å². The van der Waals surface area contributed by atoms with Crippen LogP contribution in [0.5, 0.6) is 0 Å². The first-order valence-corrected chi connectivity index (χ1v) is 16.4. The Morgan fingerprint density at radius 3 is 1.90 bits per heavy atom. The van der Waals surface area contributed by atoms with Crippen LogP contribution in [0.2, 0.25) is 0 Å². The van der Waals surface area contributed by atoms with Gasteiger partial charge in [-0.3, -0.25) is 9.59 Å². The van der Waals surface area contributed by atoms with E-state index in [1.165, 1.54) is 0 Å². The van der Waals surface area contributed by atoms with Gasteiger partial charge in [0.05, 0.1) is 18.3 Å². The fourth-order valence-electron chi connectivity index (χ4n) is 4.80. The number of pyridine rings is 1. The summed E-state index contributed by atoms with van der Waals surface area (Å²) >= 11 is 0. The SMILES string of the molecule is C.C=C1N=C(N)C=CN1C(C)C.C=C1NC(=O)C(C)=CN1C(C)C.CC(C)n1cnc2c(N)ccnc21.Cc1nc2c(ncn2C(C)C)c(=O)[nH]1. The topological polar surface area (TPSA) is 194 Å². The summed E-state index contributed by atoms with van der Waals surface area (Å²) in [5.41, 5.74) is 15.2. The molecule has 15 nitrogen and oxygen atoms in total. The highest BCUT2D eigenvalue weighted by Crippen LogP contribution is 2.19. The van der Waals surface area contributed by atoms with E-state index in [4.69, 9.17) is 11.5 Å². The molecule has 0 bridgehead atoms. The van der Waals surface area contributed by atoms with E-state index >= 15 is 0 Å². The molecule has 4 aromatic rings. The number of aryl methyl sites for hydroxylation is 1. The molecule has 2 aliphatic heterocycles. The van der Waals surface area contributed by atoms with E-state index in [1.54, 1.807) is 44.8 Å². The number of rotatable bonds is 4. The molecular formula is C36H55N13O2. The molecule has 0 radical (unpaired) electrons. The van der Waals surface area contributed by atoms with Gasteiger partial charge in [0.1, 0.15) is 28.8 Å². The average Bonchev–Trinajstić information content (AvgIpc) is 3.66. The molecule has 276 valence electrons. The number of anilines is 1. The number of carbonyl (C=O) groups is 1. The lowest BCUT2D eigenvalue weighted by Gasteiger charge is -2.31. The van der Waals surface area contributed by atoms with Crippen molar-refractivity contribution in [3.05, 3.63) is 89.9 Å². The third-order valence-corrected chi connectivity index (χ3v) is 7.49. The summed E-state index contributed by atoms with van der Waals surface area (Å²) in [6.45, 7) is 27.6. The van der Waals surface area contributed by atoms with Gasteiger partial charge in [-0.2, -0.15) is 0 Å². The van der Waals surface area contributed by atoms with E-state index in [9.17, 15) is 9.59 Å². The number of amides is 1. The van der Waals surface area contributed by atoms with Crippen molar-refractivity contribution >= 4 is 39.8 Å². The summed E-state index contributed by atoms with van der Waals surface area (Å²) in [5, 5.41) is 2.68. The average molecular weight is 702 g/mol. The molecule has 0 aliphatic carbocycles. The molecular weight excluding hydrogens is 646 g/mol. The second kappa shape index (κ2) is 17.8. The summed E-state index contributed by atoms with van der Waals surface area (Å²) in [6.07, 6.45) is 10.6. The summed E-state index contributed by atoms with van der Waals surface area (Å²) < 4.78 is 3.89. The molecule has 0 spiro atoms. The number of carbonyl (C=O) groups excluding carboxylic acids is 1. The van der Waals surface area contributed by atoms with Crippen LogP contribution in [0.4, 0.5) is 5.69 Å². The minimum atomic E-state index is -0.174. The van der Waals surface area contributed by atoms with E-state index in [0.29, 0.717) is 58.3 Å². The van der Waals surface area contributed by atoms with Crippen molar-refractivity contribution in [2.75, 3.05) is 5.73 Å². The van der Waals surface area contributed by atoms with E-state index in [0.717, 1.165) is 16.7 Å². The molecule has 15 heteroatoms. The predicted molar refractivity (Wildman–Crippen MR) is 207 cm³/mol. The molecule has 0 aromatic carbocycles. The molecule has 6 rings (SSSR count). The summed E-state index contributed by atoms with van der Waals surface area (Å²) in [5.74, 6) is 2.44. The van der Waals surface area contributed by atoms with Gasteiger partial charge in [-0.05, 0) is 81.4 Å². The fourth-order valence-corrected chi connectivity index (χ4v) is 4.80. The van der Waals surface area contributed by atoms with E-state index in [-0.39, 0.29) is 24.9 Å². The van der Waals surface area contributed by atoms with Gasteiger partial charge in [0.15, 0.2) is 16.8 Å². The van der Waals surface area contributed by atoms with Crippen molar-refractivity contribution in [2.45, 2.75) is 101 Å². The highest BCUT2D eigenvalue weighted by atomic mass is 16.2. The summed E-state index contributed by atoms with van der Waals surface area (Å²) in [6, 6.07) is 3.09. The Kier molecular flexibility index (Phi) is 14.5. The lowest BCUT2D eigenvalue weighted by molar-refractivity contribution is -0.117. The van der Waals surface area contributed by atoms with Gasteiger partial charge in [0.25, 0.3) is 11.5 Å². The maximum absolute atomic E-state index is 11.5. The van der Waals surface area contributed by atoms with Gasteiger partial charge in [0.2, 0.25) is 0 Å². The van der Waals surface area contributed by atoms with Crippen molar-refractivity contribution in [1.29, 1.82) is 0 Å². The number of nitrogen functional groups attached to an aromatic ring is 1. The Bertz CT molecular complexity index is 1990. The van der Waals surface area contributed by atoms with Crippen molar-refractivity contribution in [3.63, 3.8) is 0 Å². The predicted octanol–water partition coefficient (Wildman–Crippen LogP) is 5.49. The zero-order chi connectivity index (χ0) is 37.4. The van der Waals surface area contributed by atoms with Crippen LogP contribution in [0, 0.1) is 6.92 Å². The summed E-state index contributed by atoms with van der Waals surface area (Å²) in [7, 11) is 0. The minimum Gasteiger partial charge on any atom is -0.397 e. The van der Waals surface area contributed by atoms with Crippen LogP contribution in [-0.4, -0.2) is 67.7 Å². The molecule has 0 fully saturated rings. The first kappa shape index (κ1) is 41.4. The zero-order valence-corrected chi connectivity index (χ0v) is 30.8. The molecule has 6 heterocycles. The Morgan fingerprint density at radius 2 is 1.35 bits per heavy atom. The number of aromatic amines is 1. The maximum Gasteiger partial charge on any atom is 0.279 e. The number of nitrogens with zero attached hydrogens (tertiary/aromatic N) is 9. The number of amidine groups is 1. The number of aromatic nitrogens is 7. The van der Waals surface area contributed by atoms with Crippen molar-refractivity contribution in [3.8, 4) is 0 Å². The lowest BCUT2D eigenvalue weighted by Crippen LogP contribution is -2.40. The van der Waals surface area contributed by atoms with E-state index in [2.05, 4.69) is 76.1 Å². The Morgan fingerprint density at radius 1 is 0.784 bits per heavy atom. The Balaban J connectivity index is 0.000000235. The standard InChI is InChI=1S/C9H12N4O.C9H12N4.C9H14N2O.C8H13N3.CH4/c1-5(2)13-4-10-7-8(13)11-6(3)12-9(7)14;1-6(2)13-5-12-8-7(10)3-4-11-9(8)13;1-6(2)11-5-7(3)9(12)10-8(11)4;1-6(2)11-5-4-8(9)10-7(11)3;/h4-5H,1-3H3,(H,11,12,14);3-6H,1-2H3,(H2,10,11);5-6H,4H2,1-3H3,(H,10,12);4-6H,3H2,1-2H3,(H2,9,10);1H4. The number of H-pyrrole nitrogens is 1. The van der Waals surface area contributed by atoms with Crippen LogP contribution in [0.25, 0.3) is 22.3 Å². The van der Waals surface area contributed by atoms with Crippen LogP contribution in [0.15, 0.2) is 83.6 Å². The van der Waals surface area contributed by atoms with Crippen LogP contribution in [-0.2, 0) is 4.79 Å².